The normalized spacial score (nSPS) is 26.9. The van der Waals surface area contributed by atoms with E-state index >= 15 is 0 Å². The second-order valence-corrected chi connectivity index (χ2v) is 7.15. The topological polar surface area (TPSA) is 125 Å². The third-order valence-electron chi connectivity index (χ3n) is 5.48. The molecule has 0 spiro atoms. The first-order valence-electron chi connectivity index (χ1n) is 9.11. The Bertz CT molecular complexity index is 1060. The van der Waals surface area contributed by atoms with Crippen LogP contribution in [-0.2, 0) is 0 Å². The molecule has 0 aromatic heterocycles. The van der Waals surface area contributed by atoms with Gasteiger partial charge in [-0.25, -0.2) is 0 Å². The molecular formula is C21H17NO7. The fraction of sp³-hybridized carbons (Fsp3) is 0.238. The van der Waals surface area contributed by atoms with Crippen LogP contribution in [-0.4, -0.2) is 58.2 Å². The lowest BCUT2D eigenvalue weighted by molar-refractivity contribution is -0.0534. The molecule has 29 heavy (non-hydrogen) atoms. The number of aliphatic hydroxyl groups is 3. The molecule has 3 aliphatic rings. The molecule has 8 heteroatoms. The highest BCUT2D eigenvalue weighted by Crippen LogP contribution is 2.45. The van der Waals surface area contributed by atoms with E-state index in [-0.39, 0.29) is 23.7 Å². The first-order valence-corrected chi connectivity index (χ1v) is 9.11. The number of hydrogen-bond acceptors (Lipinski definition) is 7. The Labute approximate surface area is 165 Å². The lowest BCUT2D eigenvalue weighted by atomic mass is 9.77. The van der Waals surface area contributed by atoms with Crippen LogP contribution in [0.15, 0.2) is 42.5 Å². The Morgan fingerprint density at radius 1 is 1.07 bits per heavy atom. The molecule has 4 N–H and O–H groups in total. The number of nitrogens with one attached hydrogen (secondary N) is 1. The zero-order valence-corrected chi connectivity index (χ0v) is 15.0. The van der Waals surface area contributed by atoms with Crippen molar-refractivity contribution in [3.05, 3.63) is 64.7 Å². The number of ether oxygens (including phenoxy) is 2. The van der Waals surface area contributed by atoms with Gasteiger partial charge in [0.25, 0.3) is 5.91 Å². The minimum atomic E-state index is -1.44. The van der Waals surface area contributed by atoms with Crippen LogP contribution in [0.25, 0.3) is 5.57 Å². The number of fused-ring (bicyclic) bond motifs is 4. The summed E-state index contributed by atoms with van der Waals surface area (Å²) >= 11 is 0. The molecule has 2 aliphatic heterocycles. The van der Waals surface area contributed by atoms with Crippen LogP contribution in [0.4, 0.5) is 0 Å². The molecule has 0 radical (unpaired) electrons. The summed E-state index contributed by atoms with van der Waals surface area (Å²) in [4.78, 5) is 26.3. The average Bonchev–Trinajstić information content (AvgIpc) is 3.20. The number of hydrogen-bond donors (Lipinski definition) is 4. The van der Waals surface area contributed by atoms with Crippen LogP contribution < -0.4 is 14.8 Å². The summed E-state index contributed by atoms with van der Waals surface area (Å²) in [5, 5.41) is 33.1. The van der Waals surface area contributed by atoms with Crippen molar-refractivity contribution in [1.29, 1.82) is 0 Å². The summed E-state index contributed by atoms with van der Waals surface area (Å²) in [7, 11) is 0. The van der Waals surface area contributed by atoms with E-state index in [0.717, 1.165) is 0 Å². The Balaban J connectivity index is 1.76. The molecule has 0 fully saturated rings. The zero-order valence-electron chi connectivity index (χ0n) is 15.0. The molecule has 2 aromatic carbocycles. The predicted octanol–water partition coefficient (Wildman–Crippen LogP) is 0.238. The van der Waals surface area contributed by atoms with Crippen LogP contribution in [0.3, 0.4) is 0 Å². The van der Waals surface area contributed by atoms with Crippen LogP contribution in [0.2, 0.25) is 0 Å². The molecule has 5 rings (SSSR count). The molecule has 1 aliphatic carbocycles. The molecule has 0 bridgehead atoms. The summed E-state index contributed by atoms with van der Waals surface area (Å²) in [5.74, 6) is -0.506. The van der Waals surface area contributed by atoms with Gasteiger partial charge in [0.1, 0.15) is 18.3 Å². The van der Waals surface area contributed by atoms with Crippen LogP contribution in [0.5, 0.6) is 11.5 Å². The third kappa shape index (κ3) is 2.57. The van der Waals surface area contributed by atoms with Gasteiger partial charge in [-0.15, -0.1) is 0 Å². The van der Waals surface area contributed by atoms with Crippen molar-refractivity contribution in [1.82, 2.24) is 5.32 Å². The number of aliphatic hydroxyl groups excluding tert-OH is 3. The molecule has 2 heterocycles. The molecule has 0 unspecified atom stereocenters. The number of carbonyl (C=O) groups is 2. The van der Waals surface area contributed by atoms with Gasteiger partial charge >= 0.3 is 0 Å². The van der Waals surface area contributed by atoms with Gasteiger partial charge in [0.15, 0.2) is 17.3 Å². The van der Waals surface area contributed by atoms with Crippen molar-refractivity contribution in [2.24, 2.45) is 0 Å². The fourth-order valence-electron chi connectivity index (χ4n) is 4.06. The van der Waals surface area contributed by atoms with E-state index in [0.29, 0.717) is 22.4 Å². The van der Waals surface area contributed by atoms with Crippen LogP contribution in [0.1, 0.15) is 31.8 Å². The summed E-state index contributed by atoms with van der Waals surface area (Å²) in [6.45, 7) is -0.0959. The number of rotatable bonds is 2. The van der Waals surface area contributed by atoms with Gasteiger partial charge in [0, 0.05) is 5.56 Å². The average molecular weight is 395 g/mol. The van der Waals surface area contributed by atoms with Gasteiger partial charge in [-0.1, -0.05) is 30.3 Å². The van der Waals surface area contributed by atoms with Crippen molar-refractivity contribution < 1.29 is 34.4 Å². The van der Waals surface area contributed by atoms with Crippen molar-refractivity contribution in [3.8, 4) is 11.5 Å². The Morgan fingerprint density at radius 2 is 1.83 bits per heavy atom. The van der Waals surface area contributed by atoms with Gasteiger partial charge in [0.2, 0.25) is 6.79 Å². The van der Waals surface area contributed by atoms with Crippen molar-refractivity contribution in [3.63, 3.8) is 0 Å². The minimum absolute atomic E-state index is 0.0631. The van der Waals surface area contributed by atoms with Gasteiger partial charge in [0.05, 0.1) is 17.2 Å². The quantitative estimate of drug-likeness (QED) is 0.537. The molecule has 2 aromatic rings. The highest BCUT2D eigenvalue weighted by atomic mass is 16.7. The molecule has 8 nitrogen and oxygen atoms in total. The van der Waals surface area contributed by atoms with Crippen molar-refractivity contribution in [2.75, 3.05) is 6.79 Å². The molecule has 4 atom stereocenters. The van der Waals surface area contributed by atoms with E-state index in [1.807, 2.05) is 0 Å². The zero-order chi connectivity index (χ0) is 20.3. The largest absolute Gasteiger partial charge is 0.454 e. The summed E-state index contributed by atoms with van der Waals surface area (Å²) in [6.07, 6.45) is -2.79. The van der Waals surface area contributed by atoms with E-state index in [2.05, 4.69) is 5.32 Å². The first-order chi connectivity index (χ1) is 14.0. The Hall–Kier alpha value is -3.20. The molecule has 148 valence electrons. The van der Waals surface area contributed by atoms with E-state index in [1.54, 1.807) is 36.4 Å². The fourth-order valence-corrected chi connectivity index (χ4v) is 4.06. The molecule has 0 saturated heterocycles. The van der Waals surface area contributed by atoms with E-state index in [4.69, 9.17) is 9.47 Å². The monoisotopic (exact) mass is 395 g/mol. The van der Waals surface area contributed by atoms with Gasteiger partial charge < -0.3 is 30.1 Å². The number of benzene rings is 2. The SMILES string of the molecule is O=C1N[C@@H]2C(=C[C@H](O)[C@@H](O)[C@H]2O)c2cc3c(c(C(=O)c4ccccc4)c21)OCO3. The van der Waals surface area contributed by atoms with Gasteiger partial charge in [-0.2, -0.15) is 0 Å². The summed E-state index contributed by atoms with van der Waals surface area (Å²) in [6, 6.07) is 9.12. The lowest BCUT2D eigenvalue weighted by Crippen LogP contribution is -2.57. The highest BCUT2D eigenvalue weighted by molar-refractivity contribution is 6.20. The van der Waals surface area contributed by atoms with Crippen LogP contribution >= 0.6 is 0 Å². The number of amides is 1. The number of carbonyl (C=O) groups excluding carboxylic acids is 2. The standard InChI is InChI=1S/C21H17NO7/c23-12-6-11-10-7-13-20(29-8-28-13)15(17(24)9-4-2-1-3-5-9)14(10)21(27)22-16(11)19(26)18(12)25/h1-7,12,16,18-19,23,25-26H,8H2,(H,22,27)/t12-,16+,18+,19-/m0/s1. The molecule has 0 saturated carbocycles. The van der Waals surface area contributed by atoms with Crippen molar-refractivity contribution >= 4 is 17.3 Å². The van der Waals surface area contributed by atoms with Gasteiger partial charge in [-0.05, 0) is 23.3 Å². The van der Waals surface area contributed by atoms with E-state index in [9.17, 15) is 24.9 Å². The Morgan fingerprint density at radius 3 is 2.59 bits per heavy atom. The Kier molecular flexibility index (Phi) is 3.95. The van der Waals surface area contributed by atoms with Crippen molar-refractivity contribution in [2.45, 2.75) is 24.4 Å². The maximum atomic E-state index is 13.3. The molecular weight excluding hydrogens is 378 g/mol. The lowest BCUT2D eigenvalue weighted by Gasteiger charge is -2.39. The maximum absolute atomic E-state index is 13.3. The first kappa shape index (κ1) is 17.9. The summed E-state index contributed by atoms with van der Waals surface area (Å²) < 4.78 is 11.0. The summed E-state index contributed by atoms with van der Waals surface area (Å²) in [5.41, 5.74) is 1.29. The van der Waals surface area contributed by atoms with Crippen LogP contribution in [0, 0.1) is 0 Å². The second kappa shape index (κ2) is 6.41. The third-order valence-corrected chi connectivity index (χ3v) is 5.48. The maximum Gasteiger partial charge on any atom is 0.253 e. The highest BCUT2D eigenvalue weighted by Gasteiger charge is 2.45. The minimum Gasteiger partial charge on any atom is -0.454 e. The van der Waals surface area contributed by atoms with E-state index in [1.165, 1.54) is 6.08 Å². The predicted molar refractivity (Wildman–Crippen MR) is 99.7 cm³/mol. The number of ketones is 1. The second-order valence-electron chi connectivity index (χ2n) is 7.15. The molecule has 1 amide bonds. The smallest absolute Gasteiger partial charge is 0.253 e. The van der Waals surface area contributed by atoms with Gasteiger partial charge in [-0.3, -0.25) is 9.59 Å². The van der Waals surface area contributed by atoms with E-state index < -0.39 is 36.0 Å².